The number of benzene rings is 1. The van der Waals surface area contributed by atoms with Crippen LogP contribution in [0.15, 0.2) is 36.5 Å². The lowest BCUT2D eigenvalue weighted by molar-refractivity contribution is 0.251. The third kappa shape index (κ3) is 4.01. The van der Waals surface area contributed by atoms with Gasteiger partial charge in [0.1, 0.15) is 0 Å². The van der Waals surface area contributed by atoms with Crippen LogP contribution in [0, 0.1) is 5.92 Å². The maximum atomic E-state index is 8.97. The van der Waals surface area contributed by atoms with Crippen LogP contribution in [-0.2, 0) is 6.54 Å². The number of nitrogens with zero attached hydrogens (tertiary/aromatic N) is 1. The number of pyridine rings is 1. The van der Waals surface area contributed by atoms with Crippen LogP contribution in [0.5, 0.6) is 0 Å². The Hall–Kier alpha value is -1.45. The van der Waals surface area contributed by atoms with E-state index in [1.807, 2.05) is 12.3 Å². The fourth-order valence-corrected chi connectivity index (χ4v) is 2.29. The normalized spacial score (nSPS) is 12.7. The van der Waals surface area contributed by atoms with Gasteiger partial charge in [0, 0.05) is 24.7 Å². The quantitative estimate of drug-likeness (QED) is 0.802. The van der Waals surface area contributed by atoms with E-state index in [9.17, 15) is 0 Å². The first-order chi connectivity index (χ1) is 9.33. The first kappa shape index (κ1) is 14.0. The lowest BCUT2D eigenvalue weighted by Crippen LogP contribution is -2.22. The van der Waals surface area contributed by atoms with Crippen LogP contribution in [0.4, 0.5) is 0 Å². The van der Waals surface area contributed by atoms with Gasteiger partial charge < -0.3 is 10.4 Å². The Balaban J connectivity index is 1.90. The second-order valence-electron chi connectivity index (χ2n) is 4.95. The molecule has 0 fully saturated rings. The van der Waals surface area contributed by atoms with Gasteiger partial charge in [0.05, 0.1) is 5.52 Å². The molecule has 19 heavy (non-hydrogen) atoms. The summed E-state index contributed by atoms with van der Waals surface area (Å²) in [5.41, 5.74) is 2.32. The highest BCUT2D eigenvalue weighted by atomic mass is 16.3. The fraction of sp³-hybridized carbons (Fsp3) is 0.438. The van der Waals surface area contributed by atoms with Gasteiger partial charge in [-0.1, -0.05) is 25.5 Å². The van der Waals surface area contributed by atoms with E-state index in [1.54, 1.807) is 0 Å². The summed E-state index contributed by atoms with van der Waals surface area (Å²) in [6.07, 6.45) is 3.81. The van der Waals surface area contributed by atoms with Crippen LogP contribution < -0.4 is 5.32 Å². The van der Waals surface area contributed by atoms with Crippen molar-refractivity contribution in [1.82, 2.24) is 10.3 Å². The SMILES string of the molecule is CCC(CCO)CNCc1ccc2ncccc2c1. The highest BCUT2D eigenvalue weighted by Gasteiger charge is 2.05. The van der Waals surface area contributed by atoms with Gasteiger partial charge in [-0.05, 0) is 42.6 Å². The molecular formula is C16H22N2O. The average Bonchev–Trinajstić information content (AvgIpc) is 2.46. The van der Waals surface area contributed by atoms with Gasteiger partial charge in [-0.3, -0.25) is 4.98 Å². The molecule has 0 amide bonds. The zero-order valence-electron chi connectivity index (χ0n) is 11.5. The monoisotopic (exact) mass is 258 g/mol. The Morgan fingerprint density at radius 1 is 1.32 bits per heavy atom. The Kier molecular flexibility index (Phi) is 5.31. The van der Waals surface area contributed by atoms with Crippen molar-refractivity contribution in [2.45, 2.75) is 26.3 Å². The summed E-state index contributed by atoms with van der Waals surface area (Å²) in [5.74, 6) is 0.562. The Labute approximate surface area is 114 Å². The predicted molar refractivity (Wildman–Crippen MR) is 78.9 cm³/mol. The van der Waals surface area contributed by atoms with Gasteiger partial charge in [0.15, 0.2) is 0 Å². The molecule has 1 atom stereocenters. The molecule has 0 aliphatic heterocycles. The van der Waals surface area contributed by atoms with E-state index in [0.29, 0.717) is 5.92 Å². The first-order valence-corrected chi connectivity index (χ1v) is 6.98. The molecule has 1 unspecified atom stereocenters. The molecule has 0 bridgehead atoms. The van der Waals surface area contributed by atoms with Crippen LogP contribution in [0.3, 0.4) is 0 Å². The molecule has 2 N–H and O–H groups in total. The van der Waals surface area contributed by atoms with E-state index in [2.05, 4.69) is 41.5 Å². The van der Waals surface area contributed by atoms with Gasteiger partial charge >= 0.3 is 0 Å². The summed E-state index contributed by atoms with van der Waals surface area (Å²) in [6, 6.07) is 10.4. The number of aromatic nitrogens is 1. The standard InChI is InChI=1S/C16H22N2O/c1-2-13(7-9-19)11-17-12-14-5-6-16-15(10-14)4-3-8-18-16/h3-6,8,10,13,17,19H,2,7,9,11-12H2,1H3. The number of nitrogens with one attached hydrogen (secondary N) is 1. The molecule has 0 aliphatic carbocycles. The van der Waals surface area contributed by atoms with E-state index < -0.39 is 0 Å². The van der Waals surface area contributed by atoms with Crippen molar-refractivity contribution >= 4 is 10.9 Å². The fourth-order valence-electron chi connectivity index (χ4n) is 2.29. The van der Waals surface area contributed by atoms with Crippen LogP contribution in [-0.4, -0.2) is 23.2 Å². The largest absolute Gasteiger partial charge is 0.396 e. The maximum absolute atomic E-state index is 8.97. The molecule has 1 aromatic carbocycles. The molecule has 3 heteroatoms. The minimum atomic E-state index is 0.280. The number of rotatable bonds is 7. The van der Waals surface area contributed by atoms with Gasteiger partial charge in [-0.15, -0.1) is 0 Å². The third-order valence-electron chi connectivity index (χ3n) is 3.54. The van der Waals surface area contributed by atoms with Crippen LogP contribution in [0.25, 0.3) is 10.9 Å². The van der Waals surface area contributed by atoms with E-state index in [1.165, 1.54) is 10.9 Å². The maximum Gasteiger partial charge on any atom is 0.0702 e. The molecule has 0 spiro atoms. The van der Waals surface area contributed by atoms with Gasteiger partial charge in [-0.25, -0.2) is 0 Å². The Morgan fingerprint density at radius 3 is 3.00 bits per heavy atom. The van der Waals surface area contributed by atoms with Crippen molar-refractivity contribution in [3.63, 3.8) is 0 Å². The summed E-state index contributed by atoms with van der Waals surface area (Å²) in [6.45, 7) is 4.28. The second-order valence-corrected chi connectivity index (χ2v) is 4.95. The predicted octanol–water partition coefficient (Wildman–Crippen LogP) is 2.73. The minimum absolute atomic E-state index is 0.280. The molecule has 2 aromatic rings. The van der Waals surface area contributed by atoms with Crippen molar-refractivity contribution in [2.75, 3.05) is 13.2 Å². The Morgan fingerprint density at radius 2 is 2.21 bits per heavy atom. The lowest BCUT2D eigenvalue weighted by atomic mass is 10.0. The number of hydrogen-bond acceptors (Lipinski definition) is 3. The summed E-state index contributed by atoms with van der Waals surface area (Å²) in [4.78, 5) is 4.32. The van der Waals surface area contributed by atoms with E-state index in [-0.39, 0.29) is 6.61 Å². The number of aliphatic hydroxyl groups is 1. The average molecular weight is 258 g/mol. The van der Waals surface area contributed by atoms with Crippen LogP contribution >= 0.6 is 0 Å². The summed E-state index contributed by atoms with van der Waals surface area (Å²) in [7, 11) is 0. The smallest absolute Gasteiger partial charge is 0.0702 e. The van der Waals surface area contributed by atoms with Crippen molar-refractivity contribution in [3.05, 3.63) is 42.1 Å². The molecule has 0 saturated carbocycles. The van der Waals surface area contributed by atoms with Crippen molar-refractivity contribution in [1.29, 1.82) is 0 Å². The topological polar surface area (TPSA) is 45.1 Å². The number of aliphatic hydroxyl groups excluding tert-OH is 1. The molecule has 0 saturated heterocycles. The molecule has 0 aliphatic rings. The minimum Gasteiger partial charge on any atom is -0.396 e. The van der Waals surface area contributed by atoms with E-state index in [0.717, 1.165) is 31.4 Å². The Bertz CT molecular complexity index is 513. The number of hydrogen-bond donors (Lipinski definition) is 2. The summed E-state index contributed by atoms with van der Waals surface area (Å²) in [5, 5.41) is 13.6. The lowest BCUT2D eigenvalue weighted by Gasteiger charge is -2.14. The van der Waals surface area contributed by atoms with E-state index >= 15 is 0 Å². The molecule has 0 radical (unpaired) electrons. The molecule has 1 aromatic heterocycles. The molecule has 1 heterocycles. The zero-order chi connectivity index (χ0) is 13.5. The van der Waals surface area contributed by atoms with Crippen LogP contribution in [0.1, 0.15) is 25.3 Å². The van der Waals surface area contributed by atoms with Crippen molar-refractivity contribution in [2.24, 2.45) is 5.92 Å². The third-order valence-corrected chi connectivity index (χ3v) is 3.54. The molecular weight excluding hydrogens is 236 g/mol. The highest BCUT2D eigenvalue weighted by molar-refractivity contribution is 5.78. The summed E-state index contributed by atoms with van der Waals surface area (Å²) < 4.78 is 0. The number of fused-ring (bicyclic) bond motifs is 1. The summed E-state index contributed by atoms with van der Waals surface area (Å²) >= 11 is 0. The second kappa shape index (κ2) is 7.22. The molecule has 102 valence electrons. The molecule has 2 rings (SSSR count). The van der Waals surface area contributed by atoms with Gasteiger partial charge in [0.2, 0.25) is 0 Å². The van der Waals surface area contributed by atoms with E-state index in [4.69, 9.17) is 5.11 Å². The zero-order valence-corrected chi connectivity index (χ0v) is 11.5. The molecule has 3 nitrogen and oxygen atoms in total. The van der Waals surface area contributed by atoms with Crippen LogP contribution in [0.2, 0.25) is 0 Å². The first-order valence-electron chi connectivity index (χ1n) is 6.98. The van der Waals surface area contributed by atoms with Crippen molar-refractivity contribution < 1.29 is 5.11 Å². The van der Waals surface area contributed by atoms with Gasteiger partial charge in [-0.2, -0.15) is 0 Å². The van der Waals surface area contributed by atoms with Crippen molar-refractivity contribution in [3.8, 4) is 0 Å². The van der Waals surface area contributed by atoms with Gasteiger partial charge in [0.25, 0.3) is 0 Å². The highest BCUT2D eigenvalue weighted by Crippen LogP contribution is 2.13.